The van der Waals surface area contributed by atoms with Gasteiger partial charge >= 0.3 is 0 Å². The molecule has 0 unspecified atom stereocenters. The Morgan fingerprint density at radius 3 is 2.50 bits per heavy atom. The van der Waals surface area contributed by atoms with Crippen LogP contribution in [0, 0.1) is 0 Å². The third-order valence-corrected chi connectivity index (χ3v) is 3.30. The van der Waals surface area contributed by atoms with E-state index in [9.17, 15) is 0 Å². The fourth-order valence-electron chi connectivity index (χ4n) is 2.16. The maximum absolute atomic E-state index is 2.34. The highest BCUT2D eigenvalue weighted by molar-refractivity contribution is 5.50. The fourth-order valence-corrected chi connectivity index (χ4v) is 2.16. The number of aryl methyl sites for hydroxylation is 1. The summed E-state index contributed by atoms with van der Waals surface area (Å²) in [6.45, 7) is 4.51. The number of benzene rings is 1. The van der Waals surface area contributed by atoms with Crippen LogP contribution in [0.2, 0.25) is 0 Å². The van der Waals surface area contributed by atoms with E-state index in [4.69, 9.17) is 0 Å². The average Bonchev–Trinajstić information content (AvgIpc) is 2.39. The SMILES string of the molecule is CCCCCC=Cc1cccc(CCCCC)c1. The molecule has 0 fully saturated rings. The van der Waals surface area contributed by atoms with Crippen molar-refractivity contribution in [3.05, 3.63) is 41.5 Å². The Bertz CT molecular complexity index is 336. The largest absolute Gasteiger partial charge is 0.0839 e. The van der Waals surface area contributed by atoms with Crippen molar-refractivity contribution >= 4 is 6.08 Å². The van der Waals surface area contributed by atoms with Crippen molar-refractivity contribution in [3.63, 3.8) is 0 Å². The van der Waals surface area contributed by atoms with Crippen LogP contribution in [0.25, 0.3) is 6.08 Å². The van der Waals surface area contributed by atoms with Gasteiger partial charge in [0.1, 0.15) is 0 Å². The summed E-state index contributed by atoms with van der Waals surface area (Å²) in [5, 5.41) is 0. The van der Waals surface area contributed by atoms with Crippen LogP contribution in [-0.2, 0) is 6.42 Å². The molecule has 0 spiro atoms. The molecule has 0 saturated heterocycles. The lowest BCUT2D eigenvalue weighted by Crippen LogP contribution is -1.86. The molecule has 18 heavy (non-hydrogen) atoms. The minimum absolute atomic E-state index is 1.22. The molecule has 0 aromatic heterocycles. The van der Waals surface area contributed by atoms with E-state index in [1.54, 1.807) is 0 Å². The summed E-state index contributed by atoms with van der Waals surface area (Å²) in [6.07, 6.45) is 15.0. The first-order valence-corrected chi connectivity index (χ1v) is 7.62. The van der Waals surface area contributed by atoms with Crippen molar-refractivity contribution in [1.82, 2.24) is 0 Å². The molecule has 0 aliphatic carbocycles. The Balaban J connectivity index is 2.38. The zero-order chi connectivity index (χ0) is 13.1. The van der Waals surface area contributed by atoms with E-state index in [1.807, 2.05) is 0 Å². The number of hydrogen-bond donors (Lipinski definition) is 0. The van der Waals surface area contributed by atoms with Gasteiger partial charge in [0, 0.05) is 0 Å². The van der Waals surface area contributed by atoms with Crippen LogP contribution in [0.5, 0.6) is 0 Å². The lowest BCUT2D eigenvalue weighted by Gasteiger charge is -2.02. The van der Waals surface area contributed by atoms with Gasteiger partial charge in [0.2, 0.25) is 0 Å². The van der Waals surface area contributed by atoms with Crippen molar-refractivity contribution < 1.29 is 0 Å². The predicted molar refractivity (Wildman–Crippen MR) is 82.8 cm³/mol. The molecule has 0 heteroatoms. The smallest absolute Gasteiger partial charge is 0.0257 e. The summed E-state index contributed by atoms with van der Waals surface area (Å²) in [5.74, 6) is 0. The molecule has 0 amide bonds. The summed E-state index contributed by atoms with van der Waals surface area (Å²) in [7, 11) is 0. The van der Waals surface area contributed by atoms with Crippen LogP contribution in [0.3, 0.4) is 0 Å². The molecular weight excluding hydrogens is 216 g/mol. The Morgan fingerprint density at radius 1 is 0.944 bits per heavy atom. The van der Waals surface area contributed by atoms with Crippen LogP contribution in [-0.4, -0.2) is 0 Å². The van der Waals surface area contributed by atoms with Gasteiger partial charge in [0.05, 0.1) is 0 Å². The first kappa shape index (κ1) is 15.0. The molecule has 0 aliphatic rings. The van der Waals surface area contributed by atoms with Crippen LogP contribution in [0.4, 0.5) is 0 Å². The second-order valence-corrected chi connectivity index (χ2v) is 5.10. The van der Waals surface area contributed by atoms with E-state index in [2.05, 4.69) is 50.3 Å². The van der Waals surface area contributed by atoms with Gasteiger partial charge in [0.15, 0.2) is 0 Å². The number of hydrogen-bond acceptors (Lipinski definition) is 0. The molecule has 0 aliphatic heterocycles. The summed E-state index contributed by atoms with van der Waals surface area (Å²) in [6, 6.07) is 8.99. The highest BCUT2D eigenvalue weighted by Gasteiger charge is 1.94. The molecule has 0 atom stereocenters. The molecule has 0 N–H and O–H groups in total. The minimum atomic E-state index is 1.22. The van der Waals surface area contributed by atoms with Gasteiger partial charge in [-0.05, 0) is 36.8 Å². The third-order valence-electron chi connectivity index (χ3n) is 3.30. The molecule has 0 bridgehead atoms. The Labute approximate surface area is 113 Å². The van der Waals surface area contributed by atoms with E-state index in [-0.39, 0.29) is 0 Å². The highest BCUT2D eigenvalue weighted by Crippen LogP contribution is 2.11. The zero-order valence-electron chi connectivity index (χ0n) is 12.1. The topological polar surface area (TPSA) is 0 Å². The van der Waals surface area contributed by atoms with Crippen LogP contribution in [0.1, 0.15) is 69.9 Å². The lowest BCUT2D eigenvalue weighted by molar-refractivity contribution is 0.717. The van der Waals surface area contributed by atoms with Gasteiger partial charge in [-0.25, -0.2) is 0 Å². The van der Waals surface area contributed by atoms with Gasteiger partial charge in [-0.3, -0.25) is 0 Å². The second kappa shape index (κ2) is 9.94. The molecule has 0 nitrogen and oxygen atoms in total. The summed E-state index contributed by atoms with van der Waals surface area (Å²) in [4.78, 5) is 0. The fraction of sp³-hybridized carbons (Fsp3) is 0.556. The highest BCUT2D eigenvalue weighted by atomic mass is 14.0. The Morgan fingerprint density at radius 2 is 1.72 bits per heavy atom. The van der Waals surface area contributed by atoms with Crippen LogP contribution >= 0.6 is 0 Å². The van der Waals surface area contributed by atoms with E-state index in [0.717, 1.165) is 0 Å². The first-order chi connectivity index (χ1) is 8.86. The Hall–Kier alpha value is -1.04. The van der Waals surface area contributed by atoms with E-state index < -0.39 is 0 Å². The quantitative estimate of drug-likeness (QED) is 0.466. The van der Waals surface area contributed by atoms with Gasteiger partial charge in [0.25, 0.3) is 0 Å². The maximum Gasteiger partial charge on any atom is -0.0257 e. The standard InChI is InChI=1S/C18H28/c1-3-5-7-8-10-13-18-15-11-14-17(16-18)12-9-6-4-2/h10-11,13-16H,3-9,12H2,1-2H3. The number of rotatable bonds is 9. The van der Waals surface area contributed by atoms with E-state index in [1.165, 1.54) is 62.5 Å². The summed E-state index contributed by atoms with van der Waals surface area (Å²) in [5.41, 5.74) is 2.85. The maximum atomic E-state index is 2.34. The normalized spacial score (nSPS) is 11.2. The first-order valence-electron chi connectivity index (χ1n) is 7.62. The average molecular weight is 244 g/mol. The van der Waals surface area contributed by atoms with Crippen molar-refractivity contribution in [1.29, 1.82) is 0 Å². The Kier molecular flexibility index (Phi) is 8.29. The van der Waals surface area contributed by atoms with Gasteiger partial charge in [-0.15, -0.1) is 0 Å². The van der Waals surface area contributed by atoms with Crippen LogP contribution in [0.15, 0.2) is 30.3 Å². The van der Waals surface area contributed by atoms with Crippen molar-refractivity contribution in [2.24, 2.45) is 0 Å². The molecule has 0 heterocycles. The minimum Gasteiger partial charge on any atom is -0.0839 e. The zero-order valence-corrected chi connectivity index (χ0v) is 12.1. The van der Waals surface area contributed by atoms with Crippen molar-refractivity contribution in [2.45, 2.75) is 65.2 Å². The van der Waals surface area contributed by atoms with Crippen molar-refractivity contribution in [3.8, 4) is 0 Å². The van der Waals surface area contributed by atoms with Gasteiger partial charge < -0.3 is 0 Å². The van der Waals surface area contributed by atoms with E-state index in [0.29, 0.717) is 0 Å². The monoisotopic (exact) mass is 244 g/mol. The number of allylic oxidation sites excluding steroid dienone is 1. The number of unbranched alkanes of at least 4 members (excludes halogenated alkanes) is 5. The van der Waals surface area contributed by atoms with E-state index >= 15 is 0 Å². The molecule has 1 aromatic carbocycles. The van der Waals surface area contributed by atoms with Gasteiger partial charge in [-0.2, -0.15) is 0 Å². The summed E-state index contributed by atoms with van der Waals surface area (Å²) >= 11 is 0. The molecule has 0 radical (unpaired) electrons. The lowest BCUT2D eigenvalue weighted by atomic mass is 10.0. The molecule has 1 rings (SSSR count). The molecular formula is C18H28. The summed E-state index contributed by atoms with van der Waals surface area (Å²) < 4.78 is 0. The molecule has 1 aromatic rings. The molecule has 0 saturated carbocycles. The van der Waals surface area contributed by atoms with Crippen LogP contribution < -0.4 is 0 Å². The second-order valence-electron chi connectivity index (χ2n) is 5.10. The predicted octanol–water partition coefficient (Wildman–Crippen LogP) is 6.01. The van der Waals surface area contributed by atoms with Crippen molar-refractivity contribution in [2.75, 3.05) is 0 Å². The van der Waals surface area contributed by atoms with Gasteiger partial charge in [-0.1, -0.05) is 75.9 Å². The molecule has 100 valence electrons. The third kappa shape index (κ3) is 6.64.